The van der Waals surface area contributed by atoms with E-state index in [9.17, 15) is 18.0 Å². The average Bonchev–Trinajstić information content (AvgIpc) is 3.00. The van der Waals surface area contributed by atoms with Gasteiger partial charge in [0.2, 0.25) is 21.8 Å². The molecule has 0 unspecified atom stereocenters. The second-order valence-corrected chi connectivity index (χ2v) is 10.8. The predicted octanol–water partition coefficient (Wildman–Crippen LogP) is 3.13. The molecule has 0 atom stereocenters. The number of fused-ring (bicyclic) bond motifs is 1. The van der Waals surface area contributed by atoms with Gasteiger partial charge in [-0.05, 0) is 62.6 Å². The van der Waals surface area contributed by atoms with Crippen LogP contribution in [-0.2, 0) is 25.0 Å². The molecule has 1 fully saturated rings. The van der Waals surface area contributed by atoms with Crippen molar-refractivity contribution in [1.29, 1.82) is 0 Å². The highest BCUT2D eigenvalue weighted by Crippen LogP contribution is 2.43. The van der Waals surface area contributed by atoms with Crippen molar-refractivity contribution < 1.29 is 22.7 Å². The minimum absolute atomic E-state index is 0.185. The van der Waals surface area contributed by atoms with Gasteiger partial charge in [-0.1, -0.05) is 18.6 Å². The van der Waals surface area contributed by atoms with E-state index in [1.165, 1.54) is 22.4 Å². The smallest absolute Gasteiger partial charge is 0.244 e. The molecule has 2 aliphatic rings. The van der Waals surface area contributed by atoms with Gasteiger partial charge < -0.3 is 15.0 Å². The van der Waals surface area contributed by atoms with E-state index in [1.54, 1.807) is 50.2 Å². The molecule has 9 heteroatoms. The molecule has 1 N–H and O–H groups in total. The van der Waals surface area contributed by atoms with E-state index in [1.807, 2.05) is 0 Å². The number of hydrogen-bond donors (Lipinski definition) is 1. The Morgan fingerprint density at radius 2 is 1.79 bits per heavy atom. The lowest BCUT2D eigenvalue weighted by Gasteiger charge is -2.26. The monoisotopic (exact) mass is 471 g/mol. The number of hydrogen-bond acceptors (Lipinski definition) is 5. The van der Waals surface area contributed by atoms with Crippen molar-refractivity contribution in [2.75, 3.05) is 37.0 Å². The van der Waals surface area contributed by atoms with E-state index < -0.39 is 15.4 Å². The minimum Gasteiger partial charge on any atom is -0.495 e. The van der Waals surface area contributed by atoms with Crippen molar-refractivity contribution in [2.45, 2.75) is 43.4 Å². The highest BCUT2D eigenvalue weighted by atomic mass is 32.2. The summed E-state index contributed by atoms with van der Waals surface area (Å²) in [6.45, 7) is 4.34. The van der Waals surface area contributed by atoms with Crippen LogP contribution in [0.5, 0.6) is 5.75 Å². The molecule has 33 heavy (non-hydrogen) atoms. The number of para-hydroxylation sites is 2. The number of benzene rings is 2. The van der Waals surface area contributed by atoms with Gasteiger partial charge in [0.1, 0.15) is 12.3 Å². The Balaban J connectivity index is 1.60. The minimum atomic E-state index is -3.63. The third-order valence-electron chi connectivity index (χ3n) is 6.35. The zero-order chi connectivity index (χ0) is 23.8. The van der Waals surface area contributed by atoms with Crippen LogP contribution in [0.25, 0.3) is 0 Å². The summed E-state index contributed by atoms with van der Waals surface area (Å²) in [5, 5.41) is 2.79. The molecule has 0 saturated carbocycles. The topological polar surface area (TPSA) is 96.0 Å². The third-order valence-corrected chi connectivity index (χ3v) is 8.24. The molecular formula is C24H29N3O5S. The van der Waals surface area contributed by atoms with Crippen molar-refractivity contribution >= 4 is 33.2 Å². The van der Waals surface area contributed by atoms with Gasteiger partial charge in [-0.3, -0.25) is 9.59 Å². The molecule has 2 aliphatic heterocycles. The van der Waals surface area contributed by atoms with Crippen molar-refractivity contribution in [1.82, 2.24) is 4.31 Å². The fourth-order valence-electron chi connectivity index (χ4n) is 4.47. The van der Waals surface area contributed by atoms with Gasteiger partial charge in [0, 0.05) is 18.8 Å². The lowest BCUT2D eigenvalue weighted by atomic mass is 9.86. The molecule has 0 aliphatic carbocycles. The van der Waals surface area contributed by atoms with E-state index >= 15 is 0 Å². The number of ether oxygens (including phenoxy) is 1. The summed E-state index contributed by atoms with van der Waals surface area (Å²) in [6.07, 6.45) is 2.73. The Labute approximate surface area is 194 Å². The molecule has 2 heterocycles. The van der Waals surface area contributed by atoms with E-state index in [2.05, 4.69) is 5.32 Å². The first-order chi connectivity index (χ1) is 15.7. The maximum absolute atomic E-state index is 13.2. The number of nitrogens with zero attached hydrogens (tertiary/aromatic N) is 2. The van der Waals surface area contributed by atoms with E-state index in [4.69, 9.17) is 4.74 Å². The summed E-state index contributed by atoms with van der Waals surface area (Å²) in [7, 11) is -2.11. The van der Waals surface area contributed by atoms with E-state index in [-0.39, 0.29) is 23.3 Å². The van der Waals surface area contributed by atoms with Crippen LogP contribution in [0.2, 0.25) is 0 Å². The number of sulfonamides is 1. The lowest BCUT2D eigenvalue weighted by molar-refractivity contribution is -0.124. The first-order valence-electron chi connectivity index (χ1n) is 11.1. The molecule has 0 spiro atoms. The molecule has 0 aromatic heterocycles. The molecule has 176 valence electrons. The van der Waals surface area contributed by atoms with Crippen LogP contribution in [0.4, 0.5) is 11.4 Å². The fraction of sp³-hybridized carbons (Fsp3) is 0.417. The Morgan fingerprint density at radius 1 is 1.09 bits per heavy atom. The van der Waals surface area contributed by atoms with E-state index in [0.29, 0.717) is 35.8 Å². The van der Waals surface area contributed by atoms with Crippen molar-refractivity contribution in [3.05, 3.63) is 48.0 Å². The first-order valence-corrected chi connectivity index (χ1v) is 12.5. The number of carbonyl (C=O) groups is 2. The highest BCUT2D eigenvalue weighted by Gasteiger charge is 2.45. The standard InChI is InChI=1S/C24H29N3O5S/c1-24(2)18-15-17(33(30,31)26-13-7-4-8-14-26)11-12-20(18)27(23(24)29)16-22(28)25-19-9-5-6-10-21(19)32-3/h5-6,9-12,15H,4,7-8,13-14,16H2,1-3H3,(H,25,28). The normalized spacial score (nSPS) is 18.2. The summed E-state index contributed by atoms with van der Waals surface area (Å²) in [5.41, 5.74) is 0.723. The molecule has 2 aromatic carbocycles. The molecule has 0 radical (unpaired) electrons. The van der Waals surface area contributed by atoms with Gasteiger partial charge in [-0.2, -0.15) is 4.31 Å². The number of amides is 2. The molecule has 2 aromatic rings. The predicted molar refractivity (Wildman–Crippen MR) is 126 cm³/mol. The second kappa shape index (κ2) is 8.79. The Morgan fingerprint density at radius 3 is 2.48 bits per heavy atom. The molecule has 8 nitrogen and oxygen atoms in total. The Bertz CT molecular complexity index is 1190. The van der Waals surface area contributed by atoms with Crippen LogP contribution >= 0.6 is 0 Å². The van der Waals surface area contributed by atoms with Gasteiger partial charge in [0.15, 0.2) is 0 Å². The maximum atomic E-state index is 13.2. The maximum Gasteiger partial charge on any atom is 0.244 e. The summed E-state index contributed by atoms with van der Waals surface area (Å²) in [6, 6.07) is 11.8. The second-order valence-electron chi connectivity index (χ2n) is 8.91. The SMILES string of the molecule is COc1ccccc1NC(=O)CN1C(=O)C(C)(C)c2cc(S(=O)(=O)N3CCCCC3)ccc21. The number of methoxy groups -OCH3 is 1. The van der Waals surface area contributed by atoms with Crippen molar-refractivity contribution in [3.8, 4) is 5.75 Å². The largest absolute Gasteiger partial charge is 0.495 e. The number of nitrogens with one attached hydrogen (secondary N) is 1. The number of anilines is 2. The molecule has 4 rings (SSSR count). The zero-order valence-electron chi connectivity index (χ0n) is 19.1. The third kappa shape index (κ3) is 4.22. The quantitative estimate of drug-likeness (QED) is 0.698. The van der Waals surface area contributed by atoms with Gasteiger partial charge in [-0.15, -0.1) is 0 Å². The van der Waals surface area contributed by atoms with Crippen molar-refractivity contribution in [2.24, 2.45) is 0 Å². The van der Waals surface area contributed by atoms with E-state index in [0.717, 1.165) is 19.3 Å². The van der Waals surface area contributed by atoms with Crippen LogP contribution in [0.15, 0.2) is 47.4 Å². The summed E-state index contributed by atoms with van der Waals surface area (Å²) >= 11 is 0. The molecule has 0 bridgehead atoms. The molecule has 1 saturated heterocycles. The summed E-state index contributed by atoms with van der Waals surface area (Å²) in [4.78, 5) is 27.6. The summed E-state index contributed by atoms with van der Waals surface area (Å²) < 4.78 is 33.1. The number of rotatable bonds is 6. The van der Waals surface area contributed by atoms with Crippen LogP contribution in [0.3, 0.4) is 0 Å². The first kappa shape index (κ1) is 23.3. The van der Waals surface area contributed by atoms with Crippen LogP contribution in [0, 0.1) is 0 Å². The lowest BCUT2D eigenvalue weighted by Crippen LogP contribution is -2.40. The molecule has 2 amide bonds. The van der Waals surface area contributed by atoms with Gasteiger partial charge in [0.05, 0.1) is 23.1 Å². The fourth-order valence-corrected chi connectivity index (χ4v) is 6.01. The van der Waals surface area contributed by atoms with Crippen LogP contribution in [-0.4, -0.2) is 51.3 Å². The van der Waals surface area contributed by atoms with Crippen molar-refractivity contribution in [3.63, 3.8) is 0 Å². The van der Waals surface area contributed by atoms with Gasteiger partial charge in [-0.25, -0.2) is 8.42 Å². The van der Waals surface area contributed by atoms with Gasteiger partial charge >= 0.3 is 0 Å². The Hall–Kier alpha value is -2.91. The van der Waals surface area contributed by atoms with Gasteiger partial charge in [0.25, 0.3) is 0 Å². The molecular weight excluding hydrogens is 442 g/mol. The number of piperidine rings is 1. The highest BCUT2D eigenvalue weighted by molar-refractivity contribution is 7.89. The average molecular weight is 472 g/mol. The van der Waals surface area contributed by atoms with Crippen LogP contribution in [0.1, 0.15) is 38.7 Å². The van der Waals surface area contributed by atoms with Crippen LogP contribution < -0.4 is 15.0 Å². The number of carbonyl (C=O) groups excluding carboxylic acids is 2. The zero-order valence-corrected chi connectivity index (χ0v) is 19.9. The summed E-state index contributed by atoms with van der Waals surface area (Å²) in [5.74, 6) is -0.103. The Kier molecular flexibility index (Phi) is 6.20.